The van der Waals surface area contributed by atoms with Crippen molar-refractivity contribution in [1.82, 2.24) is 34.9 Å². The van der Waals surface area contributed by atoms with Gasteiger partial charge < -0.3 is 15.4 Å². The fourth-order valence-electron chi connectivity index (χ4n) is 5.71. The molecular formula is C30H32FN9O2. The molecule has 0 unspecified atom stereocenters. The molecule has 1 aromatic carbocycles. The van der Waals surface area contributed by atoms with Gasteiger partial charge in [-0.2, -0.15) is 10.2 Å². The highest BCUT2D eigenvalue weighted by Gasteiger charge is 2.42. The molecule has 12 heteroatoms. The second-order valence-corrected chi connectivity index (χ2v) is 10.8. The highest BCUT2D eigenvalue weighted by atomic mass is 19.1. The van der Waals surface area contributed by atoms with Crippen molar-refractivity contribution in [3.63, 3.8) is 0 Å². The monoisotopic (exact) mass is 569 g/mol. The number of halogens is 1. The van der Waals surface area contributed by atoms with Crippen LogP contribution >= 0.6 is 0 Å². The smallest absolute Gasteiger partial charge is 0.249 e. The number of para-hydroxylation sites is 1. The van der Waals surface area contributed by atoms with Crippen LogP contribution in [0, 0.1) is 12.7 Å². The van der Waals surface area contributed by atoms with Crippen LogP contribution < -0.4 is 10.6 Å². The van der Waals surface area contributed by atoms with Gasteiger partial charge >= 0.3 is 0 Å². The highest BCUT2D eigenvalue weighted by Crippen LogP contribution is 2.42. The molecule has 1 aliphatic carbocycles. The summed E-state index contributed by atoms with van der Waals surface area (Å²) in [5.74, 6) is 1.79. The average Bonchev–Trinajstić information content (AvgIpc) is 3.65. The zero-order valence-electron chi connectivity index (χ0n) is 23.7. The van der Waals surface area contributed by atoms with Crippen LogP contribution in [-0.4, -0.2) is 53.5 Å². The fourth-order valence-corrected chi connectivity index (χ4v) is 5.71. The SMILES string of the molecule is COC1(C(N)=O)CCC(c2nc(N(c3cc(C)[nH]n3)[C@@H](C)c3ccc(-n4cc(F)cn4)nc3)c3ccccc3n2)CC1. The van der Waals surface area contributed by atoms with E-state index in [0.717, 1.165) is 28.4 Å². The molecule has 42 heavy (non-hydrogen) atoms. The third-order valence-electron chi connectivity index (χ3n) is 8.19. The zero-order valence-corrected chi connectivity index (χ0v) is 23.7. The van der Waals surface area contributed by atoms with Gasteiger partial charge in [-0.15, -0.1) is 0 Å². The Hall–Kier alpha value is -4.71. The van der Waals surface area contributed by atoms with Crippen LogP contribution in [-0.2, 0) is 9.53 Å². The number of fused-ring (bicyclic) bond motifs is 1. The maximum atomic E-state index is 13.5. The molecule has 4 heterocycles. The molecular weight excluding hydrogens is 537 g/mol. The molecule has 0 spiro atoms. The number of carbonyl (C=O) groups excluding carboxylic acids is 1. The first-order valence-corrected chi connectivity index (χ1v) is 13.9. The Kier molecular flexibility index (Phi) is 7.15. The van der Waals surface area contributed by atoms with E-state index in [4.69, 9.17) is 20.4 Å². The van der Waals surface area contributed by atoms with Crippen LogP contribution in [0.5, 0.6) is 0 Å². The molecule has 0 radical (unpaired) electrons. The van der Waals surface area contributed by atoms with Gasteiger partial charge in [0.2, 0.25) is 5.91 Å². The number of aryl methyl sites for hydroxylation is 1. The third kappa shape index (κ3) is 4.98. The number of primary amides is 1. The van der Waals surface area contributed by atoms with Crippen LogP contribution in [0.3, 0.4) is 0 Å². The van der Waals surface area contributed by atoms with E-state index in [1.165, 1.54) is 18.0 Å². The quantitative estimate of drug-likeness (QED) is 0.271. The normalized spacial score (nSPS) is 19.6. The summed E-state index contributed by atoms with van der Waals surface area (Å²) in [6.07, 6.45) is 6.54. The van der Waals surface area contributed by atoms with Gasteiger partial charge in [0, 0.05) is 36.4 Å². The number of pyridine rings is 1. The number of hydrogen-bond acceptors (Lipinski definition) is 8. The van der Waals surface area contributed by atoms with Crippen LogP contribution in [0.1, 0.15) is 61.6 Å². The number of carbonyl (C=O) groups is 1. The Bertz CT molecular complexity index is 1720. The van der Waals surface area contributed by atoms with Gasteiger partial charge in [0.05, 0.1) is 24.0 Å². The molecule has 1 amide bonds. The molecule has 5 aromatic rings. The number of anilines is 2. The Labute approximate surface area is 241 Å². The van der Waals surface area contributed by atoms with Crippen LogP contribution in [0.25, 0.3) is 16.7 Å². The molecule has 1 fully saturated rings. The number of hydrogen-bond donors (Lipinski definition) is 2. The van der Waals surface area contributed by atoms with E-state index in [1.807, 2.05) is 43.3 Å². The molecule has 0 bridgehead atoms. The first kappa shape index (κ1) is 27.5. The molecule has 216 valence electrons. The number of rotatable bonds is 8. The number of nitrogens with two attached hydrogens (primary N) is 1. The second-order valence-electron chi connectivity index (χ2n) is 10.8. The molecule has 0 saturated heterocycles. The molecule has 1 aliphatic rings. The Morgan fingerprint density at radius 3 is 2.60 bits per heavy atom. The van der Waals surface area contributed by atoms with Gasteiger partial charge in [0.15, 0.2) is 17.5 Å². The summed E-state index contributed by atoms with van der Waals surface area (Å²) in [4.78, 5) is 28.9. The van der Waals surface area contributed by atoms with Crippen LogP contribution in [0.2, 0.25) is 0 Å². The van der Waals surface area contributed by atoms with E-state index >= 15 is 0 Å². The maximum absolute atomic E-state index is 13.5. The van der Waals surface area contributed by atoms with Crippen molar-refractivity contribution in [2.75, 3.05) is 12.0 Å². The Morgan fingerprint density at radius 2 is 1.98 bits per heavy atom. The zero-order chi connectivity index (χ0) is 29.4. The summed E-state index contributed by atoms with van der Waals surface area (Å²) in [5, 5.41) is 12.5. The summed E-state index contributed by atoms with van der Waals surface area (Å²) >= 11 is 0. The standard InChI is InChI=1S/C30H32FN9O2/c1-18-14-26(38-37-18)40(19(2)21-8-9-25(33-15-21)39-17-22(31)16-34-39)28-23-6-4-5-7-24(23)35-27(36-28)20-10-12-30(42-3,13-11-20)29(32)41/h4-9,14-17,19-20H,10-13H2,1-3H3,(H2,32,41)(H,37,38)/t19-,20?,30?/m0/s1. The number of ether oxygens (including phenoxy) is 1. The molecule has 1 atom stereocenters. The van der Waals surface area contributed by atoms with Crippen molar-refractivity contribution in [2.24, 2.45) is 5.73 Å². The van der Waals surface area contributed by atoms with Gasteiger partial charge in [-0.25, -0.2) is 24.0 Å². The number of H-pyrrole nitrogens is 1. The average molecular weight is 570 g/mol. The van der Waals surface area contributed by atoms with Crippen LogP contribution in [0.4, 0.5) is 16.0 Å². The topological polar surface area (TPSA) is 141 Å². The lowest BCUT2D eigenvalue weighted by Gasteiger charge is -2.36. The van der Waals surface area contributed by atoms with Gasteiger partial charge in [-0.05, 0) is 63.3 Å². The lowest BCUT2D eigenvalue weighted by Crippen LogP contribution is -2.48. The minimum absolute atomic E-state index is 0.0319. The van der Waals surface area contributed by atoms with Crippen molar-refractivity contribution >= 4 is 28.4 Å². The summed E-state index contributed by atoms with van der Waals surface area (Å²) in [7, 11) is 1.54. The predicted octanol–water partition coefficient (Wildman–Crippen LogP) is 4.81. The van der Waals surface area contributed by atoms with E-state index in [2.05, 4.69) is 32.1 Å². The molecule has 3 N–H and O–H groups in total. The van der Waals surface area contributed by atoms with E-state index < -0.39 is 17.3 Å². The number of aromatic nitrogens is 7. The first-order valence-electron chi connectivity index (χ1n) is 13.9. The minimum Gasteiger partial charge on any atom is -0.368 e. The number of nitrogens with one attached hydrogen (secondary N) is 1. The Morgan fingerprint density at radius 1 is 1.19 bits per heavy atom. The third-order valence-corrected chi connectivity index (χ3v) is 8.19. The number of methoxy groups -OCH3 is 1. The molecule has 11 nitrogen and oxygen atoms in total. The fraction of sp³-hybridized carbons (Fsp3) is 0.333. The largest absolute Gasteiger partial charge is 0.368 e. The highest BCUT2D eigenvalue weighted by molar-refractivity contribution is 5.91. The van der Waals surface area contributed by atoms with E-state index in [-0.39, 0.29) is 12.0 Å². The van der Waals surface area contributed by atoms with Gasteiger partial charge in [0.1, 0.15) is 17.2 Å². The number of nitrogens with zero attached hydrogens (tertiary/aromatic N) is 7. The minimum atomic E-state index is -0.954. The van der Waals surface area contributed by atoms with Gasteiger partial charge in [-0.3, -0.25) is 9.89 Å². The van der Waals surface area contributed by atoms with Crippen LogP contribution in [0.15, 0.2) is 61.1 Å². The summed E-state index contributed by atoms with van der Waals surface area (Å²) < 4.78 is 20.5. The lowest BCUT2D eigenvalue weighted by molar-refractivity contribution is -0.144. The number of amides is 1. The van der Waals surface area contributed by atoms with Crippen molar-refractivity contribution in [2.45, 2.75) is 57.1 Å². The Balaban J connectivity index is 1.41. The van der Waals surface area contributed by atoms with Gasteiger partial charge in [0.25, 0.3) is 0 Å². The maximum Gasteiger partial charge on any atom is 0.249 e. The van der Waals surface area contributed by atoms with Crippen molar-refractivity contribution in [1.29, 1.82) is 0 Å². The summed E-state index contributed by atoms with van der Waals surface area (Å²) in [5.41, 5.74) is 7.37. The van der Waals surface area contributed by atoms with E-state index in [9.17, 15) is 9.18 Å². The van der Waals surface area contributed by atoms with Gasteiger partial charge in [-0.1, -0.05) is 18.2 Å². The predicted molar refractivity (Wildman–Crippen MR) is 155 cm³/mol. The second kappa shape index (κ2) is 10.9. The molecule has 0 aliphatic heterocycles. The molecule has 1 saturated carbocycles. The number of benzene rings is 1. The summed E-state index contributed by atoms with van der Waals surface area (Å²) in [6.45, 7) is 4.01. The van der Waals surface area contributed by atoms with Crippen molar-refractivity contribution < 1.29 is 13.9 Å². The van der Waals surface area contributed by atoms with Crippen molar-refractivity contribution in [3.05, 3.63) is 84.0 Å². The first-order chi connectivity index (χ1) is 20.3. The summed E-state index contributed by atoms with van der Waals surface area (Å²) in [6, 6.07) is 13.4. The molecule has 6 rings (SSSR count). The van der Waals surface area contributed by atoms with Crippen molar-refractivity contribution in [3.8, 4) is 5.82 Å². The number of aromatic amines is 1. The molecule has 4 aromatic heterocycles. The van der Waals surface area contributed by atoms with E-state index in [0.29, 0.717) is 49.0 Å². The van der Waals surface area contributed by atoms with E-state index in [1.54, 1.807) is 12.3 Å². The lowest BCUT2D eigenvalue weighted by atomic mass is 9.78.